The van der Waals surface area contributed by atoms with E-state index in [1.807, 2.05) is 6.92 Å². The molecule has 1 aliphatic heterocycles. The SMILES string of the molecule is CCCc1nc(Cl)c(C)c(N2CCN(CC(C)C)CC2)n1. The Morgan fingerprint density at radius 1 is 1.14 bits per heavy atom. The van der Waals surface area contributed by atoms with Gasteiger partial charge in [-0.25, -0.2) is 9.97 Å². The van der Waals surface area contributed by atoms with Crippen LogP contribution in [0.25, 0.3) is 0 Å². The first-order valence-electron chi connectivity index (χ1n) is 8.01. The molecule has 0 saturated carbocycles. The van der Waals surface area contributed by atoms with Crippen molar-refractivity contribution in [1.82, 2.24) is 14.9 Å². The summed E-state index contributed by atoms with van der Waals surface area (Å²) < 4.78 is 0. The molecule has 0 N–H and O–H groups in total. The number of hydrogen-bond donors (Lipinski definition) is 0. The molecular weight excluding hydrogens is 284 g/mol. The fraction of sp³-hybridized carbons (Fsp3) is 0.750. The van der Waals surface area contributed by atoms with Gasteiger partial charge in [0, 0.05) is 44.7 Å². The van der Waals surface area contributed by atoms with Crippen LogP contribution < -0.4 is 4.90 Å². The molecule has 1 aliphatic rings. The van der Waals surface area contributed by atoms with E-state index in [0.717, 1.165) is 62.1 Å². The minimum atomic E-state index is 0.605. The maximum Gasteiger partial charge on any atom is 0.137 e. The summed E-state index contributed by atoms with van der Waals surface area (Å²) in [6.45, 7) is 14.1. The van der Waals surface area contributed by atoms with Gasteiger partial charge in [0.2, 0.25) is 0 Å². The summed E-state index contributed by atoms with van der Waals surface area (Å²) in [4.78, 5) is 14.0. The highest BCUT2D eigenvalue weighted by molar-refractivity contribution is 6.30. The Hall–Kier alpha value is -0.870. The van der Waals surface area contributed by atoms with Crippen LogP contribution in [0.1, 0.15) is 38.6 Å². The smallest absolute Gasteiger partial charge is 0.137 e. The van der Waals surface area contributed by atoms with E-state index in [9.17, 15) is 0 Å². The van der Waals surface area contributed by atoms with Crippen LogP contribution in [-0.2, 0) is 6.42 Å². The summed E-state index contributed by atoms with van der Waals surface area (Å²) in [5.74, 6) is 2.62. The van der Waals surface area contributed by atoms with Crippen LogP contribution in [0.4, 0.5) is 5.82 Å². The maximum absolute atomic E-state index is 6.28. The lowest BCUT2D eigenvalue weighted by molar-refractivity contribution is 0.231. The first kappa shape index (κ1) is 16.5. The Kier molecular flexibility index (Phi) is 5.82. The van der Waals surface area contributed by atoms with Crippen LogP contribution in [0.5, 0.6) is 0 Å². The van der Waals surface area contributed by atoms with Crippen molar-refractivity contribution in [2.24, 2.45) is 5.92 Å². The van der Waals surface area contributed by atoms with E-state index in [1.165, 1.54) is 6.54 Å². The van der Waals surface area contributed by atoms with Gasteiger partial charge in [0.05, 0.1) is 0 Å². The Bertz CT molecular complexity index is 468. The minimum Gasteiger partial charge on any atom is -0.354 e. The molecule has 1 fully saturated rings. The van der Waals surface area contributed by atoms with Gasteiger partial charge in [-0.3, -0.25) is 4.90 Å². The summed E-state index contributed by atoms with van der Waals surface area (Å²) in [7, 11) is 0. The van der Waals surface area contributed by atoms with Crippen molar-refractivity contribution in [3.63, 3.8) is 0 Å². The van der Waals surface area contributed by atoms with Gasteiger partial charge in [0.25, 0.3) is 0 Å². The van der Waals surface area contributed by atoms with Crippen LogP contribution in [-0.4, -0.2) is 47.6 Å². The molecule has 21 heavy (non-hydrogen) atoms. The van der Waals surface area contributed by atoms with Crippen molar-refractivity contribution >= 4 is 17.4 Å². The molecule has 0 unspecified atom stereocenters. The van der Waals surface area contributed by atoms with Gasteiger partial charge in [0.1, 0.15) is 16.8 Å². The molecule has 2 rings (SSSR count). The molecule has 1 aromatic heterocycles. The molecule has 118 valence electrons. The highest BCUT2D eigenvalue weighted by atomic mass is 35.5. The zero-order valence-corrected chi connectivity index (χ0v) is 14.4. The lowest BCUT2D eigenvalue weighted by Gasteiger charge is -2.36. The van der Waals surface area contributed by atoms with Crippen molar-refractivity contribution in [1.29, 1.82) is 0 Å². The molecular formula is C16H27ClN4. The second-order valence-electron chi connectivity index (χ2n) is 6.31. The largest absolute Gasteiger partial charge is 0.354 e. The Morgan fingerprint density at radius 2 is 1.81 bits per heavy atom. The second kappa shape index (κ2) is 7.41. The highest BCUT2D eigenvalue weighted by Gasteiger charge is 2.21. The van der Waals surface area contributed by atoms with Gasteiger partial charge in [-0.05, 0) is 19.3 Å². The Labute approximate surface area is 133 Å². The first-order valence-corrected chi connectivity index (χ1v) is 8.39. The molecule has 0 bridgehead atoms. The molecule has 0 amide bonds. The third-order valence-corrected chi connectivity index (χ3v) is 4.24. The Morgan fingerprint density at radius 3 is 2.38 bits per heavy atom. The number of nitrogens with zero attached hydrogens (tertiary/aromatic N) is 4. The van der Waals surface area contributed by atoms with E-state index in [1.54, 1.807) is 0 Å². The molecule has 2 heterocycles. The lowest BCUT2D eigenvalue weighted by atomic mass is 10.2. The average molecular weight is 311 g/mol. The molecule has 0 atom stereocenters. The van der Waals surface area contributed by atoms with Crippen LogP contribution in [0.3, 0.4) is 0 Å². The fourth-order valence-electron chi connectivity index (χ4n) is 2.82. The number of rotatable bonds is 5. The molecule has 0 radical (unpaired) electrons. The molecule has 0 aliphatic carbocycles. The molecule has 0 spiro atoms. The van der Waals surface area contributed by atoms with Crippen molar-refractivity contribution in [2.45, 2.75) is 40.5 Å². The van der Waals surface area contributed by atoms with Gasteiger partial charge in [-0.15, -0.1) is 0 Å². The lowest BCUT2D eigenvalue weighted by Crippen LogP contribution is -2.48. The van der Waals surface area contributed by atoms with E-state index in [2.05, 4.69) is 35.6 Å². The van der Waals surface area contributed by atoms with Crippen LogP contribution in [0.15, 0.2) is 0 Å². The Balaban J connectivity index is 2.09. The number of piperazine rings is 1. The molecule has 5 heteroatoms. The molecule has 4 nitrogen and oxygen atoms in total. The summed E-state index contributed by atoms with van der Waals surface area (Å²) in [5.41, 5.74) is 1.01. The minimum absolute atomic E-state index is 0.605. The summed E-state index contributed by atoms with van der Waals surface area (Å²) >= 11 is 6.28. The predicted octanol–water partition coefficient (Wildman–Crippen LogP) is 3.17. The summed E-state index contributed by atoms with van der Waals surface area (Å²) in [5, 5.41) is 0.605. The monoisotopic (exact) mass is 310 g/mol. The summed E-state index contributed by atoms with van der Waals surface area (Å²) in [6.07, 6.45) is 1.93. The number of aromatic nitrogens is 2. The van der Waals surface area contributed by atoms with Crippen molar-refractivity contribution in [3.8, 4) is 0 Å². The van der Waals surface area contributed by atoms with Crippen molar-refractivity contribution in [2.75, 3.05) is 37.6 Å². The number of aryl methyl sites for hydroxylation is 1. The summed E-state index contributed by atoms with van der Waals surface area (Å²) in [6, 6.07) is 0. The van der Waals surface area contributed by atoms with Gasteiger partial charge >= 0.3 is 0 Å². The third-order valence-electron chi connectivity index (χ3n) is 3.88. The van der Waals surface area contributed by atoms with E-state index in [4.69, 9.17) is 16.6 Å². The van der Waals surface area contributed by atoms with Crippen molar-refractivity contribution < 1.29 is 0 Å². The number of hydrogen-bond acceptors (Lipinski definition) is 4. The van der Waals surface area contributed by atoms with Crippen molar-refractivity contribution in [3.05, 3.63) is 16.5 Å². The zero-order valence-electron chi connectivity index (χ0n) is 13.7. The van der Waals surface area contributed by atoms with Gasteiger partial charge < -0.3 is 4.90 Å². The van der Waals surface area contributed by atoms with Gasteiger partial charge in [0.15, 0.2) is 0 Å². The van der Waals surface area contributed by atoms with Crippen LogP contribution in [0.2, 0.25) is 5.15 Å². The molecule has 0 aromatic carbocycles. The van der Waals surface area contributed by atoms with Gasteiger partial charge in [-0.1, -0.05) is 32.4 Å². The van der Waals surface area contributed by atoms with E-state index in [-0.39, 0.29) is 0 Å². The highest BCUT2D eigenvalue weighted by Crippen LogP contribution is 2.25. The normalized spacial score (nSPS) is 16.8. The van der Waals surface area contributed by atoms with Gasteiger partial charge in [-0.2, -0.15) is 0 Å². The van der Waals surface area contributed by atoms with Crippen LogP contribution >= 0.6 is 11.6 Å². The fourth-order valence-corrected chi connectivity index (χ4v) is 3.00. The van der Waals surface area contributed by atoms with E-state index in [0.29, 0.717) is 5.15 Å². The third kappa shape index (κ3) is 4.30. The zero-order chi connectivity index (χ0) is 15.4. The number of halogens is 1. The van der Waals surface area contributed by atoms with Crippen LogP contribution in [0, 0.1) is 12.8 Å². The maximum atomic E-state index is 6.28. The molecule has 1 aromatic rings. The van der Waals surface area contributed by atoms with E-state index < -0.39 is 0 Å². The first-order chi connectivity index (χ1) is 10.0. The topological polar surface area (TPSA) is 32.3 Å². The second-order valence-corrected chi connectivity index (χ2v) is 6.67. The predicted molar refractivity (Wildman–Crippen MR) is 89.3 cm³/mol. The average Bonchev–Trinajstić information content (AvgIpc) is 2.43. The standard InChI is InChI=1S/C16H27ClN4/c1-5-6-14-18-15(17)13(4)16(19-14)21-9-7-20(8-10-21)11-12(2)3/h12H,5-11H2,1-4H3. The molecule has 1 saturated heterocycles. The van der Waals surface area contributed by atoms with E-state index >= 15 is 0 Å². The quantitative estimate of drug-likeness (QED) is 0.782. The number of anilines is 1.